The standard InChI is InChI=1S/C15H29N5/c1-7-13-18-14(16-8-2)12(4)15(19-13)17-11(3)9-10-20(5)6/h11H,7-10H2,1-6H3,(H2,16,17,18,19). The fraction of sp³-hybridized carbons (Fsp3) is 0.733. The van der Waals surface area contributed by atoms with Crippen molar-refractivity contribution in [3.05, 3.63) is 11.4 Å². The molecule has 2 N–H and O–H groups in total. The monoisotopic (exact) mass is 279 g/mol. The van der Waals surface area contributed by atoms with Gasteiger partial charge in [0.2, 0.25) is 0 Å². The molecule has 0 saturated heterocycles. The number of nitrogens with zero attached hydrogens (tertiary/aromatic N) is 3. The van der Waals surface area contributed by atoms with Gasteiger partial charge in [0.05, 0.1) is 0 Å². The van der Waals surface area contributed by atoms with Crippen LogP contribution in [0.25, 0.3) is 0 Å². The van der Waals surface area contributed by atoms with Crippen LogP contribution in [0.2, 0.25) is 0 Å². The lowest BCUT2D eigenvalue weighted by Gasteiger charge is -2.20. The zero-order chi connectivity index (χ0) is 15.1. The first-order chi connectivity index (χ1) is 9.47. The quantitative estimate of drug-likeness (QED) is 0.766. The molecule has 0 aliphatic rings. The second-order valence-corrected chi connectivity index (χ2v) is 5.48. The van der Waals surface area contributed by atoms with E-state index < -0.39 is 0 Å². The van der Waals surface area contributed by atoms with E-state index in [0.717, 1.165) is 49.0 Å². The molecule has 114 valence electrons. The van der Waals surface area contributed by atoms with E-state index in [9.17, 15) is 0 Å². The summed E-state index contributed by atoms with van der Waals surface area (Å²) in [4.78, 5) is 11.4. The summed E-state index contributed by atoms with van der Waals surface area (Å²) in [6.45, 7) is 10.4. The smallest absolute Gasteiger partial charge is 0.134 e. The number of rotatable bonds is 8. The molecular formula is C15H29N5. The molecule has 1 rings (SSSR count). The van der Waals surface area contributed by atoms with Crippen molar-refractivity contribution in [2.45, 2.75) is 46.6 Å². The maximum Gasteiger partial charge on any atom is 0.134 e. The van der Waals surface area contributed by atoms with Crippen molar-refractivity contribution in [2.75, 3.05) is 37.8 Å². The molecule has 0 spiro atoms. The molecule has 0 radical (unpaired) electrons. The number of anilines is 2. The lowest BCUT2D eigenvalue weighted by molar-refractivity contribution is 0.390. The highest BCUT2D eigenvalue weighted by atomic mass is 15.1. The van der Waals surface area contributed by atoms with Gasteiger partial charge < -0.3 is 15.5 Å². The van der Waals surface area contributed by atoms with E-state index in [-0.39, 0.29) is 0 Å². The molecule has 0 amide bonds. The van der Waals surface area contributed by atoms with E-state index in [1.54, 1.807) is 0 Å². The molecule has 1 aromatic heterocycles. The zero-order valence-corrected chi connectivity index (χ0v) is 13.7. The molecule has 20 heavy (non-hydrogen) atoms. The number of aromatic nitrogens is 2. The van der Waals surface area contributed by atoms with Gasteiger partial charge in [-0.1, -0.05) is 6.92 Å². The van der Waals surface area contributed by atoms with E-state index in [2.05, 4.69) is 67.3 Å². The molecule has 0 saturated carbocycles. The van der Waals surface area contributed by atoms with Crippen LogP contribution in [-0.2, 0) is 6.42 Å². The Morgan fingerprint density at radius 3 is 2.35 bits per heavy atom. The van der Waals surface area contributed by atoms with Gasteiger partial charge in [0, 0.05) is 24.6 Å². The van der Waals surface area contributed by atoms with Gasteiger partial charge in [-0.3, -0.25) is 0 Å². The van der Waals surface area contributed by atoms with Crippen molar-refractivity contribution in [2.24, 2.45) is 0 Å². The van der Waals surface area contributed by atoms with E-state index in [1.807, 2.05) is 0 Å². The zero-order valence-electron chi connectivity index (χ0n) is 13.7. The number of nitrogens with one attached hydrogen (secondary N) is 2. The van der Waals surface area contributed by atoms with Crippen LogP contribution < -0.4 is 10.6 Å². The first-order valence-electron chi connectivity index (χ1n) is 7.50. The van der Waals surface area contributed by atoms with Crippen LogP contribution in [0.1, 0.15) is 38.6 Å². The topological polar surface area (TPSA) is 53.1 Å². The van der Waals surface area contributed by atoms with Gasteiger partial charge in [0.1, 0.15) is 17.5 Å². The maximum atomic E-state index is 4.62. The van der Waals surface area contributed by atoms with Crippen LogP contribution in [0.15, 0.2) is 0 Å². The van der Waals surface area contributed by atoms with Gasteiger partial charge >= 0.3 is 0 Å². The predicted octanol–water partition coefficient (Wildman–Crippen LogP) is 2.53. The van der Waals surface area contributed by atoms with Gasteiger partial charge in [-0.05, 0) is 47.8 Å². The Morgan fingerprint density at radius 2 is 1.80 bits per heavy atom. The van der Waals surface area contributed by atoms with Gasteiger partial charge in [-0.15, -0.1) is 0 Å². The maximum absolute atomic E-state index is 4.62. The lowest BCUT2D eigenvalue weighted by atomic mass is 10.2. The minimum absolute atomic E-state index is 0.394. The van der Waals surface area contributed by atoms with Crippen molar-refractivity contribution in [3.63, 3.8) is 0 Å². The Balaban J connectivity index is 2.84. The second kappa shape index (κ2) is 8.04. The first-order valence-corrected chi connectivity index (χ1v) is 7.50. The lowest BCUT2D eigenvalue weighted by Crippen LogP contribution is -2.24. The molecule has 0 aliphatic carbocycles. The molecule has 5 nitrogen and oxygen atoms in total. The molecule has 0 aliphatic heterocycles. The minimum atomic E-state index is 0.394. The van der Waals surface area contributed by atoms with Crippen molar-refractivity contribution in [1.29, 1.82) is 0 Å². The Kier molecular flexibility index (Phi) is 6.71. The molecule has 5 heteroatoms. The predicted molar refractivity (Wildman–Crippen MR) is 86.6 cm³/mol. The van der Waals surface area contributed by atoms with Crippen LogP contribution in [0.3, 0.4) is 0 Å². The molecule has 0 fully saturated rings. The highest BCUT2D eigenvalue weighted by Gasteiger charge is 2.12. The molecule has 1 atom stereocenters. The van der Waals surface area contributed by atoms with E-state index in [0.29, 0.717) is 6.04 Å². The second-order valence-electron chi connectivity index (χ2n) is 5.48. The van der Waals surface area contributed by atoms with Crippen LogP contribution in [0.4, 0.5) is 11.6 Å². The van der Waals surface area contributed by atoms with Crippen LogP contribution >= 0.6 is 0 Å². The summed E-state index contributed by atoms with van der Waals surface area (Å²) < 4.78 is 0. The highest BCUT2D eigenvalue weighted by molar-refractivity contribution is 5.57. The van der Waals surface area contributed by atoms with Crippen LogP contribution in [0.5, 0.6) is 0 Å². The van der Waals surface area contributed by atoms with Gasteiger partial charge in [0.25, 0.3) is 0 Å². The normalized spacial score (nSPS) is 12.6. The summed E-state index contributed by atoms with van der Waals surface area (Å²) in [5, 5.41) is 6.84. The van der Waals surface area contributed by atoms with Gasteiger partial charge in [0.15, 0.2) is 0 Å². The van der Waals surface area contributed by atoms with Gasteiger partial charge in [-0.2, -0.15) is 0 Å². The van der Waals surface area contributed by atoms with Crippen LogP contribution in [0, 0.1) is 6.92 Å². The largest absolute Gasteiger partial charge is 0.370 e. The Hall–Kier alpha value is -1.36. The first kappa shape index (κ1) is 16.7. The third-order valence-electron chi connectivity index (χ3n) is 3.25. The van der Waals surface area contributed by atoms with E-state index >= 15 is 0 Å². The number of aryl methyl sites for hydroxylation is 1. The number of hydrogen-bond donors (Lipinski definition) is 2. The average Bonchev–Trinajstić information content (AvgIpc) is 2.41. The summed E-state index contributed by atoms with van der Waals surface area (Å²) in [5.41, 5.74) is 1.10. The van der Waals surface area contributed by atoms with Crippen LogP contribution in [-0.4, -0.2) is 48.1 Å². The molecule has 1 heterocycles. The van der Waals surface area contributed by atoms with Crippen molar-refractivity contribution >= 4 is 11.6 Å². The molecule has 1 aromatic rings. The summed E-state index contributed by atoms with van der Waals surface area (Å²) in [6, 6.07) is 0.394. The fourth-order valence-corrected chi connectivity index (χ4v) is 1.96. The summed E-state index contributed by atoms with van der Waals surface area (Å²) in [6.07, 6.45) is 1.94. The van der Waals surface area contributed by atoms with Crippen molar-refractivity contribution in [1.82, 2.24) is 14.9 Å². The SMILES string of the molecule is CCNc1nc(CC)nc(NC(C)CCN(C)C)c1C. The number of hydrogen-bond acceptors (Lipinski definition) is 5. The molecule has 0 aromatic carbocycles. The Labute approximate surface area is 123 Å². The Morgan fingerprint density at radius 1 is 1.15 bits per heavy atom. The molecular weight excluding hydrogens is 250 g/mol. The van der Waals surface area contributed by atoms with E-state index in [4.69, 9.17) is 0 Å². The highest BCUT2D eigenvalue weighted by Crippen LogP contribution is 2.21. The van der Waals surface area contributed by atoms with Crippen molar-refractivity contribution in [3.8, 4) is 0 Å². The van der Waals surface area contributed by atoms with Gasteiger partial charge in [-0.25, -0.2) is 9.97 Å². The van der Waals surface area contributed by atoms with E-state index in [1.165, 1.54) is 0 Å². The summed E-state index contributed by atoms with van der Waals surface area (Å²) in [5.74, 6) is 2.79. The molecule has 0 bridgehead atoms. The third-order valence-corrected chi connectivity index (χ3v) is 3.25. The molecule has 1 unspecified atom stereocenters. The Bertz CT molecular complexity index is 417. The fourth-order valence-electron chi connectivity index (χ4n) is 1.96. The summed E-state index contributed by atoms with van der Waals surface area (Å²) in [7, 11) is 4.20. The minimum Gasteiger partial charge on any atom is -0.370 e. The average molecular weight is 279 g/mol. The third kappa shape index (κ3) is 4.96. The van der Waals surface area contributed by atoms with Crippen molar-refractivity contribution < 1.29 is 0 Å². The summed E-state index contributed by atoms with van der Waals surface area (Å²) >= 11 is 0.